The molecule has 0 aliphatic rings. The van der Waals surface area contributed by atoms with Gasteiger partial charge in [0.05, 0.1) is 10.4 Å². The minimum atomic E-state index is -3.62. The number of carbonyl (C=O) groups is 1. The van der Waals surface area contributed by atoms with Crippen LogP contribution in [0.1, 0.15) is 40.2 Å². The summed E-state index contributed by atoms with van der Waals surface area (Å²) in [5.74, 6) is 0. The summed E-state index contributed by atoms with van der Waals surface area (Å²) in [7, 11) is -2.13. The van der Waals surface area contributed by atoms with Crippen LogP contribution in [0.5, 0.6) is 0 Å². The first kappa shape index (κ1) is 20.4. The summed E-state index contributed by atoms with van der Waals surface area (Å²) in [6, 6.07) is 6.74. The van der Waals surface area contributed by atoms with Gasteiger partial charge in [-0.3, -0.25) is 0 Å². The molecule has 0 fully saturated rings. The van der Waals surface area contributed by atoms with Gasteiger partial charge < -0.3 is 10.1 Å². The molecule has 0 bridgehead atoms. The fourth-order valence-electron chi connectivity index (χ4n) is 2.22. The molecule has 0 atom stereocenters. The highest BCUT2D eigenvalue weighted by atomic mass is 32.2. The Morgan fingerprint density at radius 2 is 1.79 bits per heavy atom. The molecule has 0 aromatic heterocycles. The number of aryl methyl sites for hydroxylation is 1. The van der Waals surface area contributed by atoms with E-state index in [-0.39, 0.29) is 11.4 Å². The number of rotatable bonds is 5. The third-order valence-electron chi connectivity index (χ3n) is 3.15. The van der Waals surface area contributed by atoms with Crippen LogP contribution in [0.4, 0.5) is 4.79 Å². The molecule has 1 amide bonds. The topological polar surface area (TPSA) is 75.7 Å². The van der Waals surface area contributed by atoms with Crippen molar-refractivity contribution in [3.8, 4) is 0 Å². The van der Waals surface area contributed by atoms with Crippen molar-refractivity contribution >= 4 is 16.1 Å². The van der Waals surface area contributed by atoms with E-state index in [1.807, 2.05) is 13.0 Å². The highest BCUT2D eigenvalue weighted by Crippen LogP contribution is 2.18. The third kappa shape index (κ3) is 6.13. The summed E-state index contributed by atoms with van der Waals surface area (Å²) in [6.45, 7) is 10.8. The summed E-state index contributed by atoms with van der Waals surface area (Å²) in [6.07, 6.45) is -0.575. The van der Waals surface area contributed by atoms with Crippen molar-refractivity contribution in [1.82, 2.24) is 9.62 Å². The van der Waals surface area contributed by atoms with Crippen LogP contribution in [0, 0.1) is 6.92 Å². The van der Waals surface area contributed by atoms with E-state index in [4.69, 9.17) is 4.74 Å². The number of nitrogens with one attached hydrogen (secondary N) is 1. The lowest BCUT2D eigenvalue weighted by atomic mass is 10.1. The Balaban J connectivity index is 2.84. The van der Waals surface area contributed by atoms with Crippen molar-refractivity contribution in [3.05, 3.63) is 29.8 Å². The molecule has 0 radical (unpaired) electrons. The van der Waals surface area contributed by atoms with Gasteiger partial charge in [0.1, 0.15) is 5.60 Å². The van der Waals surface area contributed by atoms with Gasteiger partial charge in [0, 0.05) is 13.6 Å². The number of nitrogens with zero attached hydrogens (tertiary/aromatic N) is 1. The van der Waals surface area contributed by atoms with Gasteiger partial charge in [-0.15, -0.1) is 0 Å². The average Bonchev–Trinajstić information content (AvgIpc) is 2.34. The first-order chi connectivity index (χ1) is 10.7. The fraction of sp³-hybridized carbons (Fsp3) is 0.588. The standard InChI is InChI=1S/C17H28N2O4S/c1-13-9-8-10-14(11-13)24(21,22)19(7)12-17(5,6)18-15(20)23-16(2,3)4/h8-11H,12H2,1-7H3,(H,18,20). The van der Waals surface area contributed by atoms with Gasteiger partial charge in [-0.2, -0.15) is 4.31 Å². The number of hydrogen-bond donors (Lipinski definition) is 1. The van der Waals surface area contributed by atoms with Gasteiger partial charge in [-0.05, 0) is 59.2 Å². The maximum absolute atomic E-state index is 12.7. The monoisotopic (exact) mass is 356 g/mol. The molecular formula is C17H28N2O4S. The molecule has 0 spiro atoms. The summed E-state index contributed by atoms with van der Waals surface area (Å²) in [5.41, 5.74) is -0.524. The van der Waals surface area contributed by atoms with Crippen LogP contribution in [0.2, 0.25) is 0 Å². The van der Waals surface area contributed by atoms with Crippen molar-refractivity contribution in [3.63, 3.8) is 0 Å². The van der Waals surface area contributed by atoms with Crippen molar-refractivity contribution in [1.29, 1.82) is 0 Å². The van der Waals surface area contributed by atoms with Crippen LogP contribution in [0.3, 0.4) is 0 Å². The zero-order valence-electron chi connectivity index (χ0n) is 15.5. The Hall–Kier alpha value is -1.60. The van der Waals surface area contributed by atoms with E-state index in [2.05, 4.69) is 5.32 Å². The van der Waals surface area contributed by atoms with E-state index in [0.29, 0.717) is 0 Å². The van der Waals surface area contributed by atoms with E-state index >= 15 is 0 Å². The molecule has 24 heavy (non-hydrogen) atoms. The van der Waals surface area contributed by atoms with Crippen molar-refractivity contribution in [2.45, 2.75) is 57.6 Å². The zero-order chi connectivity index (χ0) is 18.8. The summed E-state index contributed by atoms with van der Waals surface area (Å²) in [5, 5.41) is 2.71. The number of hydrogen-bond acceptors (Lipinski definition) is 4. The van der Waals surface area contributed by atoms with Gasteiger partial charge in [0.2, 0.25) is 10.0 Å². The highest BCUT2D eigenvalue weighted by molar-refractivity contribution is 7.89. The number of benzene rings is 1. The van der Waals surface area contributed by atoms with E-state index < -0.39 is 27.3 Å². The molecule has 1 aromatic carbocycles. The van der Waals surface area contributed by atoms with Crippen LogP contribution in [0.25, 0.3) is 0 Å². The van der Waals surface area contributed by atoms with Gasteiger partial charge in [0.15, 0.2) is 0 Å². The molecule has 0 heterocycles. The molecule has 0 aliphatic heterocycles. The number of alkyl carbamates (subject to hydrolysis) is 1. The molecule has 6 nitrogen and oxygen atoms in total. The highest BCUT2D eigenvalue weighted by Gasteiger charge is 2.30. The van der Waals surface area contributed by atoms with Gasteiger partial charge in [-0.1, -0.05) is 12.1 Å². The third-order valence-corrected chi connectivity index (χ3v) is 4.95. The summed E-state index contributed by atoms with van der Waals surface area (Å²) >= 11 is 0. The normalized spacial score (nSPS) is 13.0. The minimum absolute atomic E-state index is 0.114. The Labute approximate surface area is 145 Å². The largest absolute Gasteiger partial charge is 0.444 e. The molecule has 1 rings (SSSR count). The fourth-order valence-corrected chi connectivity index (χ4v) is 3.65. The average molecular weight is 356 g/mol. The number of amides is 1. The predicted octanol–water partition coefficient (Wildman–Crippen LogP) is 2.92. The lowest BCUT2D eigenvalue weighted by molar-refractivity contribution is 0.0464. The Bertz CT molecular complexity index is 691. The smallest absolute Gasteiger partial charge is 0.408 e. The quantitative estimate of drug-likeness (QED) is 0.880. The van der Waals surface area contributed by atoms with E-state index in [1.165, 1.54) is 11.4 Å². The molecule has 0 saturated carbocycles. The molecule has 136 valence electrons. The lowest BCUT2D eigenvalue weighted by Gasteiger charge is -2.32. The second kappa shape index (κ2) is 7.11. The molecule has 0 unspecified atom stereocenters. The van der Waals surface area contributed by atoms with Gasteiger partial charge in [-0.25, -0.2) is 13.2 Å². The maximum atomic E-state index is 12.7. The van der Waals surface area contributed by atoms with Crippen molar-refractivity contribution in [2.75, 3.05) is 13.6 Å². The predicted molar refractivity (Wildman–Crippen MR) is 94.4 cm³/mol. The molecule has 7 heteroatoms. The van der Waals surface area contributed by atoms with Gasteiger partial charge >= 0.3 is 6.09 Å². The second-order valence-corrected chi connectivity index (χ2v) is 9.63. The molecule has 0 aliphatic carbocycles. The number of sulfonamides is 1. The molecule has 0 saturated heterocycles. The minimum Gasteiger partial charge on any atom is -0.444 e. The van der Waals surface area contributed by atoms with Crippen molar-refractivity contribution in [2.24, 2.45) is 0 Å². The van der Waals surface area contributed by atoms with Crippen LogP contribution in [-0.4, -0.2) is 43.5 Å². The summed E-state index contributed by atoms with van der Waals surface area (Å²) in [4.78, 5) is 12.2. The van der Waals surface area contributed by atoms with Crippen LogP contribution in [-0.2, 0) is 14.8 Å². The number of likely N-dealkylation sites (N-methyl/N-ethyl adjacent to an activating group) is 1. The number of ether oxygens (including phenoxy) is 1. The first-order valence-electron chi connectivity index (χ1n) is 7.77. The Kier molecular flexibility index (Phi) is 6.05. The Morgan fingerprint density at radius 1 is 1.21 bits per heavy atom. The van der Waals surface area contributed by atoms with E-state index in [0.717, 1.165) is 5.56 Å². The van der Waals surface area contributed by atoms with Crippen LogP contribution in [0.15, 0.2) is 29.2 Å². The number of carbonyl (C=O) groups excluding carboxylic acids is 1. The van der Waals surface area contributed by atoms with E-state index in [1.54, 1.807) is 52.8 Å². The molecular weight excluding hydrogens is 328 g/mol. The van der Waals surface area contributed by atoms with Gasteiger partial charge in [0.25, 0.3) is 0 Å². The molecule has 1 aromatic rings. The van der Waals surface area contributed by atoms with Crippen LogP contribution < -0.4 is 5.32 Å². The molecule has 1 N–H and O–H groups in total. The van der Waals surface area contributed by atoms with Crippen molar-refractivity contribution < 1.29 is 17.9 Å². The second-order valence-electron chi connectivity index (χ2n) is 7.59. The van der Waals surface area contributed by atoms with E-state index in [9.17, 15) is 13.2 Å². The summed E-state index contributed by atoms with van der Waals surface area (Å²) < 4.78 is 31.8. The maximum Gasteiger partial charge on any atom is 0.408 e. The first-order valence-corrected chi connectivity index (χ1v) is 9.21. The SMILES string of the molecule is Cc1cccc(S(=O)(=O)N(C)CC(C)(C)NC(=O)OC(C)(C)C)c1. The zero-order valence-corrected chi connectivity index (χ0v) is 16.3. The Morgan fingerprint density at radius 3 is 2.29 bits per heavy atom. The lowest BCUT2D eigenvalue weighted by Crippen LogP contribution is -2.52. The van der Waals surface area contributed by atoms with Crippen LogP contribution >= 0.6 is 0 Å².